The Morgan fingerprint density at radius 2 is 0.875 bits per heavy atom. The number of amides is 7. The zero-order valence-electron chi connectivity index (χ0n) is 52.7. The Morgan fingerprint density at radius 3 is 1.19 bits per heavy atom. The van der Waals surface area contributed by atoms with E-state index in [-0.39, 0.29) is 86.1 Å². The number of esters is 1. The molecule has 0 radical (unpaired) electrons. The molecule has 3 saturated heterocycles. The first-order chi connectivity index (χ1) is 45.9. The number of nitrogens with zero attached hydrogens (tertiary/aromatic N) is 4. The lowest BCUT2D eigenvalue weighted by Gasteiger charge is -2.35. The van der Waals surface area contributed by atoms with E-state index in [0.717, 1.165) is 50.0 Å². The monoisotopic (exact) mass is 1390 g/mol. The molecule has 9 atom stereocenters. The summed E-state index contributed by atoms with van der Waals surface area (Å²) in [6.07, 6.45) is 17.1. The van der Waals surface area contributed by atoms with Gasteiger partial charge in [0, 0.05) is 107 Å². The molecule has 0 bridgehead atoms. The van der Waals surface area contributed by atoms with Crippen molar-refractivity contribution in [2.45, 2.75) is 152 Å². The maximum Gasteiger partial charge on any atom is 0.328 e. The number of Topliss-reactive ketones (excluding diaryl/α,β-unsaturated/α-hetero) is 3. The van der Waals surface area contributed by atoms with E-state index in [1.54, 1.807) is 0 Å². The molecule has 8 N–H and O–H groups in total. The second kappa shape index (κ2) is 36.7. The molecule has 0 spiro atoms. The van der Waals surface area contributed by atoms with Crippen LogP contribution < -0.4 is 38.0 Å². The molecular formula is C67H77Cl3F3N11O12. The highest BCUT2D eigenvalue weighted by Crippen LogP contribution is 2.29. The molecule has 3 aliphatic carbocycles. The normalized spacial score (nSPS) is 22.1. The van der Waals surface area contributed by atoms with E-state index in [4.69, 9.17) is 45.3 Å². The summed E-state index contributed by atoms with van der Waals surface area (Å²) in [5, 5.41) is 21.7. The second-order valence-corrected chi connectivity index (χ2v) is 25.2. The molecule has 29 heteroatoms. The molecular weight excluding hydrogens is 1310 g/mol. The summed E-state index contributed by atoms with van der Waals surface area (Å²) in [7, 11) is 1.22. The van der Waals surface area contributed by atoms with Crippen LogP contribution in [0.1, 0.15) is 132 Å². The molecule has 6 aliphatic rings. The summed E-state index contributed by atoms with van der Waals surface area (Å²) in [4.78, 5) is 137. The number of benzene rings is 3. The van der Waals surface area contributed by atoms with Gasteiger partial charge in [0.05, 0.1) is 13.2 Å². The van der Waals surface area contributed by atoms with Crippen molar-refractivity contribution in [1.29, 1.82) is 5.26 Å². The first-order valence-electron chi connectivity index (χ1n) is 31.8. The Hall–Kier alpha value is -8.32. The van der Waals surface area contributed by atoms with Crippen LogP contribution in [0.3, 0.4) is 0 Å². The van der Waals surface area contributed by atoms with E-state index in [1.165, 1.54) is 88.9 Å². The highest BCUT2D eigenvalue weighted by molar-refractivity contribution is 6.31. The Morgan fingerprint density at radius 1 is 0.542 bits per heavy atom. The van der Waals surface area contributed by atoms with Crippen molar-refractivity contribution in [3.63, 3.8) is 0 Å². The predicted molar refractivity (Wildman–Crippen MR) is 348 cm³/mol. The average molecular weight is 1390 g/mol. The summed E-state index contributed by atoms with van der Waals surface area (Å²) in [5.41, 5.74) is 14.7. The van der Waals surface area contributed by atoms with E-state index in [9.17, 15) is 71.2 Å². The number of ether oxygens (including phenoxy) is 1. The number of hydrogen-bond acceptors (Lipinski definition) is 16. The van der Waals surface area contributed by atoms with Gasteiger partial charge in [0.25, 0.3) is 17.7 Å². The van der Waals surface area contributed by atoms with Crippen LogP contribution in [0.4, 0.5) is 13.2 Å². The van der Waals surface area contributed by atoms with Gasteiger partial charge in [0.15, 0.2) is 0 Å². The van der Waals surface area contributed by atoms with Gasteiger partial charge in [-0.05, 0) is 151 Å². The number of rotatable bonds is 20. The zero-order chi connectivity index (χ0) is 69.6. The summed E-state index contributed by atoms with van der Waals surface area (Å²) in [6.45, 7) is 1.47. The van der Waals surface area contributed by atoms with Gasteiger partial charge in [-0.15, -0.1) is 0 Å². The summed E-state index contributed by atoms with van der Waals surface area (Å²) in [5.74, 6) is -6.69. The van der Waals surface area contributed by atoms with Crippen LogP contribution in [0.25, 0.3) is 18.2 Å². The minimum Gasteiger partial charge on any atom is -0.467 e. The fourth-order valence-corrected chi connectivity index (χ4v) is 12.6. The highest BCUT2D eigenvalue weighted by atomic mass is 35.5. The number of carbonyl (C=O) groups is 11. The van der Waals surface area contributed by atoms with Crippen molar-refractivity contribution in [2.24, 2.45) is 23.5 Å². The third-order valence-electron chi connectivity index (χ3n) is 17.3. The Balaban J connectivity index is 0.000000203. The van der Waals surface area contributed by atoms with Gasteiger partial charge in [-0.25, -0.2) is 34.2 Å². The number of nitrogens with two attached hydrogens (primary N) is 1. The molecule has 3 heterocycles. The number of halogens is 6. The van der Waals surface area contributed by atoms with Gasteiger partial charge < -0.3 is 26.4 Å². The Labute approximate surface area is 568 Å². The van der Waals surface area contributed by atoms with Crippen molar-refractivity contribution in [1.82, 2.24) is 47.3 Å². The molecule has 0 aromatic heterocycles. The zero-order valence-corrected chi connectivity index (χ0v) is 55.0. The molecule has 6 fully saturated rings. The number of hydrazine groups is 3. The van der Waals surface area contributed by atoms with Crippen LogP contribution in [0.5, 0.6) is 0 Å². The SMILES string of the molecule is COC(=O)[C@H](C[C@@H]1CCCC1=O)NC(=O)[C@@H]1CCCNN1C(=O)/C=C/c1ccc(Cl)cc1F.N#C[C@H](C[C@@H]1CCCC1=O)NC(=O)[C@@H]1CCCNN1C(=O)/C=C/c1ccc(Cl)cc1F.NC(=O)[C@H](C[C@@H]1CCCC1=O)NC(=O)[C@@H]1CCCNN1C(=O)/C=C/c1ccc(Cl)cc1F. The van der Waals surface area contributed by atoms with Crippen molar-refractivity contribution < 1.29 is 70.6 Å². The molecule has 3 aromatic carbocycles. The van der Waals surface area contributed by atoms with Crippen LogP contribution >= 0.6 is 34.8 Å². The summed E-state index contributed by atoms with van der Waals surface area (Å²) >= 11 is 17.2. The molecule has 3 aromatic rings. The van der Waals surface area contributed by atoms with E-state index in [0.29, 0.717) is 90.3 Å². The number of nitrogens with one attached hydrogen (secondary N) is 6. The quantitative estimate of drug-likeness (QED) is 0.0448. The summed E-state index contributed by atoms with van der Waals surface area (Å²) in [6, 6.07) is 9.01. The maximum atomic E-state index is 14.0. The smallest absolute Gasteiger partial charge is 0.328 e. The molecule has 3 aliphatic heterocycles. The van der Waals surface area contributed by atoms with Gasteiger partial charge >= 0.3 is 5.97 Å². The van der Waals surface area contributed by atoms with Crippen LogP contribution in [0.15, 0.2) is 72.8 Å². The van der Waals surface area contributed by atoms with E-state index < -0.39 is 101 Å². The van der Waals surface area contributed by atoms with E-state index in [2.05, 4.69) is 32.2 Å². The fourth-order valence-electron chi connectivity index (χ4n) is 12.1. The number of primary amides is 1. The molecule has 514 valence electrons. The first-order valence-corrected chi connectivity index (χ1v) is 32.9. The van der Waals surface area contributed by atoms with Crippen LogP contribution in [-0.2, 0) is 57.5 Å². The largest absolute Gasteiger partial charge is 0.467 e. The van der Waals surface area contributed by atoms with Gasteiger partial charge in [0.2, 0.25) is 23.6 Å². The topological polar surface area (TPSA) is 329 Å². The predicted octanol–water partition coefficient (Wildman–Crippen LogP) is 6.88. The van der Waals surface area contributed by atoms with Crippen LogP contribution in [0, 0.1) is 46.5 Å². The minimum atomic E-state index is -0.993. The lowest BCUT2D eigenvalue weighted by Crippen LogP contribution is -2.60. The maximum absolute atomic E-state index is 14.0. The minimum absolute atomic E-state index is 0.0706. The molecule has 96 heavy (non-hydrogen) atoms. The van der Waals surface area contributed by atoms with Crippen molar-refractivity contribution in [3.05, 3.63) is 122 Å². The third kappa shape index (κ3) is 21.6. The first kappa shape index (κ1) is 75.1. The van der Waals surface area contributed by atoms with Gasteiger partial charge in [-0.1, -0.05) is 53.0 Å². The highest BCUT2D eigenvalue weighted by Gasteiger charge is 2.39. The van der Waals surface area contributed by atoms with E-state index in [1.807, 2.05) is 6.07 Å². The summed E-state index contributed by atoms with van der Waals surface area (Å²) < 4.78 is 46.7. The lowest BCUT2D eigenvalue weighted by molar-refractivity contribution is -0.148. The molecule has 0 unspecified atom stereocenters. The number of ketones is 3. The second-order valence-electron chi connectivity index (χ2n) is 23.9. The molecule has 23 nitrogen and oxygen atoms in total. The van der Waals surface area contributed by atoms with Gasteiger partial charge in [-0.2, -0.15) is 5.26 Å². The molecule has 3 saturated carbocycles. The molecule has 9 rings (SSSR count). The standard InChI is InChI=1S/C23H27ClFN3O5.C22H26ClFN4O4.C22H24ClFN4O3/c1-33-23(32)18(12-15-4-2-6-20(15)29)27-22(31)19-5-3-11-26-28(19)21(30)10-8-14-7-9-16(24)13-17(14)25;23-15-8-6-13(16(24)12-15)7-9-20(30)28-18(4-2-10-26-28)22(32)27-17(21(25)31)11-14-3-1-5-19(14)29;23-16-8-6-14(18(24)12-16)7-9-21(30)28-19(4-2-10-26-28)22(31)27-17(13-25)11-15-3-1-5-20(15)29/h7-10,13,15,18-19,26H,2-6,11-12H2,1H3,(H,27,31);6-9,12,14,17-18,26H,1-5,10-11H2,(H2,25,31)(H,27,32);6-9,12,15,17,19,26H,1-5,10-11H2,(H,27,31)/b10-8+;2*9-7+/t15-,18-,19-;14-,17-,18-;15-,17-,19-/m000/s1. The van der Waals surface area contributed by atoms with Crippen LogP contribution in [-0.4, -0.2) is 143 Å². The molecule has 7 amide bonds. The number of methoxy groups -OCH3 is 1. The van der Waals surface area contributed by atoms with Crippen molar-refractivity contribution >= 4 is 118 Å². The van der Waals surface area contributed by atoms with E-state index >= 15 is 0 Å². The fraction of sp³-hybridized carbons (Fsp3) is 0.463. The van der Waals surface area contributed by atoms with Crippen molar-refractivity contribution in [2.75, 3.05) is 26.7 Å². The Kier molecular flexibility index (Phi) is 28.7. The third-order valence-corrected chi connectivity index (χ3v) is 18.0. The Bertz CT molecular complexity index is 3540. The number of carbonyl (C=O) groups excluding carboxylic acids is 11. The van der Waals surface area contributed by atoms with Crippen molar-refractivity contribution in [3.8, 4) is 6.07 Å². The number of hydrogen-bond donors (Lipinski definition) is 7. The number of nitriles is 1. The average Bonchev–Trinajstić information content (AvgIpc) is 1.12. The lowest BCUT2D eigenvalue weighted by atomic mass is 9.96. The van der Waals surface area contributed by atoms with Gasteiger partial charge in [-0.3, -0.25) is 63.0 Å². The van der Waals surface area contributed by atoms with Crippen LogP contribution in [0.2, 0.25) is 15.1 Å². The van der Waals surface area contributed by atoms with Gasteiger partial charge in [0.1, 0.15) is 71.1 Å².